The number of halogens is 1. The second kappa shape index (κ2) is 4.14. The lowest BCUT2D eigenvalue weighted by molar-refractivity contribution is 0.231. The van der Waals surface area contributed by atoms with E-state index < -0.39 is 0 Å². The summed E-state index contributed by atoms with van der Waals surface area (Å²) in [4.78, 5) is 4.07. The van der Waals surface area contributed by atoms with Gasteiger partial charge in [-0.1, -0.05) is 17.7 Å². The molecule has 1 aromatic rings. The summed E-state index contributed by atoms with van der Waals surface area (Å²) in [7, 11) is 0. The molecule has 2 heterocycles. The van der Waals surface area contributed by atoms with Crippen LogP contribution in [0.2, 0.25) is 5.15 Å². The number of rotatable bonds is 1. The highest BCUT2D eigenvalue weighted by Gasteiger charge is 2.33. The molecular weight excluding hydrogens is 234 g/mol. The number of allylic oxidation sites excluding steroid dienone is 1. The molecule has 4 heteroatoms. The molecule has 1 aromatic heterocycles. The molecule has 1 saturated heterocycles. The Morgan fingerprint density at radius 2 is 2.41 bits per heavy atom. The molecule has 2 aliphatic rings. The quantitative estimate of drug-likeness (QED) is 0.773. The summed E-state index contributed by atoms with van der Waals surface area (Å²) in [6.45, 7) is 1.14. The van der Waals surface area contributed by atoms with E-state index in [1.165, 1.54) is 5.57 Å². The van der Waals surface area contributed by atoms with Crippen LogP contribution >= 0.6 is 11.6 Å². The van der Waals surface area contributed by atoms with Crippen molar-refractivity contribution in [3.05, 3.63) is 34.6 Å². The molecule has 0 saturated carbocycles. The van der Waals surface area contributed by atoms with E-state index in [2.05, 4.69) is 22.4 Å². The Morgan fingerprint density at radius 1 is 1.53 bits per heavy atom. The number of fused-ring (bicyclic) bond motifs is 1. The number of nitrogens with zero attached hydrogens (tertiary/aromatic N) is 2. The lowest BCUT2D eigenvalue weighted by Gasteiger charge is -2.41. The molecule has 3 rings (SSSR count). The van der Waals surface area contributed by atoms with Gasteiger partial charge in [0.1, 0.15) is 11.2 Å². The van der Waals surface area contributed by atoms with Gasteiger partial charge in [0.05, 0.1) is 5.56 Å². The maximum absolute atomic E-state index is 8.94. The number of hydrogen-bond donors (Lipinski definition) is 1. The van der Waals surface area contributed by atoms with E-state index >= 15 is 0 Å². The second-order valence-electron chi connectivity index (χ2n) is 4.62. The zero-order valence-corrected chi connectivity index (χ0v) is 10.0. The van der Waals surface area contributed by atoms with Crippen LogP contribution in [-0.4, -0.2) is 17.6 Å². The van der Waals surface area contributed by atoms with E-state index in [-0.39, 0.29) is 5.15 Å². The van der Waals surface area contributed by atoms with Crippen LogP contribution in [0.1, 0.15) is 24.0 Å². The fraction of sp³-hybridized carbons (Fsp3) is 0.385. The van der Waals surface area contributed by atoms with E-state index in [1.807, 2.05) is 6.07 Å². The largest absolute Gasteiger partial charge is 0.313 e. The van der Waals surface area contributed by atoms with Crippen molar-refractivity contribution in [2.24, 2.45) is 5.92 Å². The van der Waals surface area contributed by atoms with E-state index in [9.17, 15) is 0 Å². The third-order valence-electron chi connectivity index (χ3n) is 3.65. The van der Waals surface area contributed by atoms with E-state index in [0.29, 0.717) is 11.6 Å². The predicted molar refractivity (Wildman–Crippen MR) is 66.5 cm³/mol. The van der Waals surface area contributed by atoms with Gasteiger partial charge in [-0.15, -0.1) is 0 Å². The smallest absolute Gasteiger partial charge is 0.146 e. The fourth-order valence-corrected chi connectivity index (χ4v) is 2.63. The van der Waals surface area contributed by atoms with Gasteiger partial charge in [-0.2, -0.15) is 5.26 Å². The molecular formula is C13H12ClN3. The third kappa shape index (κ3) is 1.84. The molecule has 0 aromatic carbocycles. The van der Waals surface area contributed by atoms with Crippen molar-refractivity contribution < 1.29 is 0 Å². The Hall–Kier alpha value is -1.37. The third-order valence-corrected chi connectivity index (χ3v) is 3.95. The van der Waals surface area contributed by atoms with Gasteiger partial charge in [-0.25, -0.2) is 4.98 Å². The monoisotopic (exact) mass is 245 g/mol. The molecule has 1 fully saturated rings. The highest BCUT2D eigenvalue weighted by Crippen LogP contribution is 2.34. The molecule has 3 nitrogen and oxygen atoms in total. The summed E-state index contributed by atoms with van der Waals surface area (Å²) in [5.74, 6) is 0.800. The molecule has 0 amide bonds. The number of nitriles is 1. The van der Waals surface area contributed by atoms with E-state index in [0.717, 1.165) is 30.9 Å². The van der Waals surface area contributed by atoms with Gasteiger partial charge in [0.2, 0.25) is 0 Å². The van der Waals surface area contributed by atoms with E-state index in [4.69, 9.17) is 16.9 Å². The van der Waals surface area contributed by atoms with Crippen molar-refractivity contribution in [1.82, 2.24) is 10.3 Å². The summed E-state index contributed by atoms with van der Waals surface area (Å²) in [6, 6.07) is 4.51. The normalized spacial score (nSPS) is 26.5. The van der Waals surface area contributed by atoms with Gasteiger partial charge in [0, 0.05) is 18.8 Å². The second-order valence-corrected chi connectivity index (χ2v) is 4.98. The first-order valence-electron chi connectivity index (χ1n) is 5.76. The van der Waals surface area contributed by atoms with Crippen LogP contribution in [-0.2, 0) is 0 Å². The van der Waals surface area contributed by atoms with Crippen molar-refractivity contribution >= 4 is 17.2 Å². The zero-order valence-electron chi connectivity index (χ0n) is 9.28. The molecule has 17 heavy (non-hydrogen) atoms. The van der Waals surface area contributed by atoms with E-state index in [1.54, 1.807) is 6.20 Å². The predicted octanol–water partition coefficient (Wildman–Crippen LogP) is 2.37. The highest BCUT2D eigenvalue weighted by atomic mass is 35.5. The number of nitrogens with one attached hydrogen (secondary N) is 1. The number of pyridine rings is 1. The highest BCUT2D eigenvalue weighted by molar-refractivity contribution is 6.30. The molecule has 1 aliphatic carbocycles. The minimum atomic E-state index is 0.285. The topological polar surface area (TPSA) is 48.7 Å². The lowest BCUT2D eigenvalue weighted by Crippen LogP contribution is -2.53. The molecule has 2 atom stereocenters. The minimum Gasteiger partial charge on any atom is -0.313 e. The Balaban J connectivity index is 1.92. The van der Waals surface area contributed by atoms with Crippen molar-refractivity contribution in [2.75, 3.05) is 6.54 Å². The van der Waals surface area contributed by atoms with Crippen LogP contribution in [0.4, 0.5) is 0 Å². The van der Waals surface area contributed by atoms with Gasteiger partial charge in [-0.3, -0.25) is 0 Å². The van der Waals surface area contributed by atoms with Gasteiger partial charge in [0.25, 0.3) is 0 Å². The summed E-state index contributed by atoms with van der Waals surface area (Å²) >= 11 is 5.83. The summed E-state index contributed by atoms with van der Waals surface area (Å²) in [5.41, 5.74) is 2.76. The summed E-state index contributed by atoms with van der Waals surface area (Å²) in [6.07, 6.45) is 6.18. The maximum Gasteiger partial charge on any atom is 0.146 e. The average Bonchev–Trinajstić information content (AvgIpc) is 2.32. The zero-order chi connectivity index (χ0) is 11.8. The van der Waals surface area contributed by atoms with Crippen LogP contribution in [0.3, 0.4) is 0 Å². The number of hydrogen-bond acceptors (Lipinski definition) is 3. The van der Waals surface area contributed by atoms with Crippen LogP contribution in [0.5, 0.6) is 0 Å². The molecule has 1 aliphatic heterocycles. The molecule has 0 radical (unpaired) electrons. The molecule has 0 bridgehead atoms. The van der Waals surface area contributed by atoms with Gasteiger partial charge < -0.3 is 5.32 Å². The van der Waals surface area contributed by atoms with Crippen LogP contribution in [0, 0.1) is 17.2 Å². The number of aromatic nitrogens is 1. The molecule has 2 unspecified atom stereocenters. The Labute approximate surface area is 105 Å². The van der Waals surface area contributed by atoms with Gasteiger partial charge in [-0.05, 0) is 36.0 Å². The Bertz CT molecular complexity index is 530. The van der Waals surface area contributed by atoms with Crippen LogP contribution < -0.4 is 5.32 Å². The first-order chi connectivity index (χ1) is 8.28. The summed E-state index contributed by atoms with van der Waals surface area (Å²) in [5, 5.41) is 12.7. The molecule has 0 spiro atoms. The fourth-order valence-electron chi connectivity index (χ4n) is 2.49. The lowest BCUT2D eigenvalue weighted by atomic mass is 9.78. The first kappa shape index (κ1) is 10.8. The Kier molecular flexibility index (Phi) is 2.62. The maximum atomic E-state index is 8.94. The SMILES string of the molecule is N#Cc1cc(C2=CCC3CNC3C2)cnc1Cl. The van der Waals surface area contributed by atoms with Crippen molar-refractivity contribution in [1.29, 1.82) is 5.26 Å². The molecule has 1 N–H and O–H groups in total. The minimum absolute atomic E-state index is 0.285. The first-order valence-corrected chi connectivity index (χ1v) is 6.14. The standard InChI is InChI=1S/C13H12ClN3/c14-13-10(5-15)3-11(7-17-13)8-1-2-9-6-16-12(9)4-8/h1,3,7,9,12,16H,2,4,6H2. The average molecular weight is 246 g/mol. The van der Waals surface area contributed by atoms with Crippen LogP contribution in [0.25, 0.3) is 5.57 Å². The van der Waals surface area contributed by atoms with Crippen molar-refractivity contribution in [2.45, 2.75) is 18.9 Å². The van der Waals surface area contributed by atoms with Gasteiger partial charge in [0.15, 0.2) is 0 Å². The molecule has 86 valence electrons. The van der Waals surface area contributed by atoms with Crippen LogP contribution in [0.15, 0.2) is 18.3 Å². The Morgan fingerprint density at radius 3 is 3.06 bits per heavy atom. The summed E-state index contributed by atoms with van der Waals surface area (Å²) < 4.78 is 0. The van der Waals surface area contributed by atoms with Gasteiger partial charge >= 0.3 is 0 Å². The van der Waals surface area contributed by atoms with Crippen molar-refractivity contribution in [3.8, 4) is 6.07 Å². The van der Waals surface area contributed by atoms with Crippen molar-refractivity contribution in [3.63, 3.8) is 0 Å².